The van der Waals surface area contributed by atoms with Crippen molar-refractivity contribution in [2.75, 3.05) is 6.61 Å². The molecule has 1 aliphatic carbocycles. The van der Waals surface area contributed by atoms with E-state index < -0.39 is 9.28 Å². The lowest BCUT2D eigenvalue weighted by molar-refractivity contribution is 0.0237. The average molecular weight is 364 g/mol. The number of rotatable bonds is 10. The van der Waals surface area contributed by atoms with Gasteiger partial charge in [-0.25, -0.2) is 0 Å². The van der Waals surface area contributed by atoms with E-state index in [0.717, 1.165) is 25.0 Å². The van der Waals surface area contributed by atoms with E-state index in [1.807, 2.05) is 0 Å². The lowest BCUT2D eigenvalue weighted by Crippen LogP contribution is -2.30. The monoisotopic (exact) mass is 363 g/mol. The summed E-state index contributed by atoms with van der Waals surface area (Å²) >= 11 is 0. The second-order valence-electron chi connectivity index (χ2n) is 7.56. The van der Waals surface area contributed by atoms with E-state index in [4.69, 9.17) is 13.6 Å². The zero-order valence-corrected chi connectivity index (χ0v) is 17.4. The molecule has 0 amide bonds. The van der Waals surface area contributed by atoms with Gasteiger partial charge in [0.15, 0.2) is 0 Å². The van der Waals surface area contributed by atoms with E-state index in [9.17, 15) is 0 Å². The van der Waals surface area contributed by atoms with E-state index in [0.29, 0.717) is 6.10 Å². The molecule has 1 aliphatic rings. The molecule has 0 spiro atoms. The number of ether oxygens (including phenoxy) is 1. The van der Waals surface area contributed by atoms with Crippen molar-refractivity contribution in [3.8, 4) is 0 Å². The maximum absolute atomic E-state index is 6.13. The Hall–Kier alpha value is -0.683. The summed E-state index contributed by atoms with van der Waals surface area (Å²) in [6.07, 6.45) is 6.81. The Labute approximate surface area is 155 Å². The molecule has 1 aromatic rings. The molecule has 0 N–H and O–H groups in total. The van der Waals surface area contributed by atoms with Crippen LogP contribution in [0.5, 0.6) is 0 Å². The predicted octanol–water partition coefficient (Wildman–Crippen LogP) is 5.46. The smallest absolute Gasteiger partial charge is 0.385 e. The molecule has 1 radical (unpaired) electrons. The van der Waals surface area contributed by atoms with Crippen LogP contribution >= 0.6 is 0 Å². The molecule has 0 heterocycles. The van der Waals surface area contributed by atoms with Gasteiger partial charge in [0.1, 0.15) is 0 Å². The van der Waals surface area contributed by atoms with Gasteiger partial charge >= 0.3 is 9.28 Å². The lowest BCUT2D eigenvalue weighted by Gasteiger charge is -2.29. The van der Waals surface area contributed by atoms with Gasteiger partial charge in [0, 0.05) is 18.8 Å². The standard InChI is InChI=1S/C21H35O3Si/c1-17(2)23-25(24-18(3)4)16-8-15-22-21-13-11-20(12-14-21)19-9-6-5-7-10-19/h5-7,9-10,17-18,20-21H,8,11-16H2,1-4H3. The summed E-state index contributed by atoms with van der Waals surface area (Å²) in [5.74, 6) is 0.717. The molecular weight excluding hydrogens is 328 g/mol. The van der Waals surface area contributed by atoms with E-state index >= 15 is 0 Å². The number of hydrogen-bond acceptors (Lipinski definition) is 3. The van der Waals surface area contributed by atoms with Crippen molar-refractivity contribution in [2.45, 2.75) is 90.1 Å². The third-order valence-corrected chi connectivity index (χ3v) is 6.79. The molecule has 4 heteroatoms. The van der Waals surface area contributed by atoms with Crippen molar-refractivity contribution in [1.29, 1.82) is 0 Å². The van der Waals surface area contributed by atoms with E-state index in [2.05, 4.69) is 58.0 Å². The highest BCUT2D eigenvalue weighted by Crippen LogP contribution is 2.33. The van der Waals surface area contributed by atoms with Crippen LogP contribution in [0.1, 0.15) is 71.3 Å². The third-order valence-electron chi connectivity index (χ3n) is 4.56. The molecule has 2 rings (SSSR count). The molecule has 25 heavy (non-hydrogen) atoms. The van der Waals surface area contributed by atoms with Gasteiger partial charge in [0.2, 0.25) is 0 Å². The quantitative estimate of drug-likeness (QED) is 0.408. The molecule has 0 saturated heterocycles. The minimum Gasteiger partial charge on any atom is -0.391 e. The molecule has 0 aliphatic heterocycles. The van der Waals surface area contributed by atoms with Crippen LogP contribution in [-0.2, 0) is 13.6 Å². The van der Waals surface area contributed by atoms with Gasteiger partial charge in [0.25, 0.3) is 0 Å². The van der Waals surface area contributed by atoms with Crippen LogP contribution in [0.4, 0.5) is 0 Å². The van der Waals surface area contributed by atoms with Gasteiger partial charge in [-0.2, -0.15) is 0 Å². The minimum absolute atomic E-state index is 0.238. The second-order valence-corrected chi connectivity index (χ2v) is 9.28. The van der Waals surface area contributed by atoms with Crippen molar-refractivity contribution in [3.63, 3.8) is 0 Å². The summed E-state index contributed by atoms with van der Waals surface area (Å²) in [6.45, 7) is 9.15. The summed E-state index contributed by atoms with van der Waals surface area (Å²) in [6, 6.07) is 11.9. The SMILES string of the molecule is CC(C)O[Si](CCCOC1CCC(c2ccccc2)CC1)OC(C)C. The van der Waals surface area contributed by atoms with E-state index in [1.165, 1.54) is 31.2 Å². The molecule has 3 nitrogen and oxygen atoms in total. The van der Waals surface area contributed by atoms with Crippen molar-refractivity contribution in [2.24, 2.45) is 0 Å². The van der Waals surface area contributed by atoms with Crippen LogP contribution in [0, 0.1) is 0 Å². The van der Waals surface area contributed by atoms with E-state index in [-0.39, 0.29) is 12.2 Å². The third kappa shape index (κ3) is 8.03. The Balaban J connectivity index is 1.62. The van der Waals surface area contributed by atoms with Crippen molar-refractivity contribution in [1.82, 2.24) is 0 Å². The van der Waals surface area contributed by atoms with Crippen LogP contribution in [0.2, 0.25) is 6.04 Å². The predicted molar refractivity (Wildman–Crippen MR) is 105 cm³/mol. The minimum atomic E-state index is -1.17. The second kappa shape index (κ2) is 11.1. The molecule has 1 fully saturated rings. The summed E-state index contributed by atoms with van der Waals surface area (Å²) < 4.78 is 18.0. The maximum Gasteiger partial charge on any atom is 0.385 e. The van der Waals surface area contributed by atoms with Crippen LogP contribution in [-0.4, -0.2) is 34.2 Å². The summed E-state index contributed by atoms with van der Waals surface area (Å²) in [4.78, 5) is 0. The lowest BCUT2D eigenvalue weighted by atomic mass is 9.83. The van der Waals surface area contributed by atoms with Gasteiger partial charge in [-0.05, 0) is 77.3 Å². The molecule has 1 aromatic carbocycles. The van der Waals surface area contributed by atoms with Crippen molar-refractivity contribution in [3.05, 3.63) is 35.9 Å². The Morgan fingerprint density at radius 2 is 1.52 bits per heavy atom. The first-order valence-corrected chi connectivity index (χ1v) is 11.4. The van der Waals surface area contributed by atoms with Crippen LogP contribution in [0.3, 0.4) is 0 Å². The molecule has 0 unspecified atom stereocenters. The Kier molecular flexibility index (Phi) is 9.17. The normalized spacial score (nSPS) is 21.4. The highest BCUT2D eigenvalue weighted by Gasteiger charge is 2.23. The first-order valence-electron chi connectivity index (χ1n) is 9.90. The summed E-state index contributed by atoms with van der Waals surface area (Å²) in [5, 5.41) is 0. The zero-order chi connectivity index (χ0) is 18.1. The van der Waals surface area contributed by atoms with Gasteiger partial charge in [-0.15, -0.1) is 0 Å². The maximum atomic E-state index is 6.13. The Bertz CT molecular complexity index is 445. The number of hydrogen-bond donors (Lipinski definition) is 0. The molecule has 0 aromatic heterocycles. The molecule has 0 bridgehead atoms. The average Bonchev–Trinajstić information content (AvgIpc) is 2.59. The fraction of sp³-hybridized carbons (Fsp3) is 0.714. The van der Waals surface area contributed by atoms with Crippen LogP contribution in [0.25, 0.3) is 0 Å². The largest absolute Gasteiger partial charge is 0.391 e. The van der Waals surface area contributed by atoms with Crippen molar-refractivity contribution >= 4 is 9.28 Å². The molecule has 1 saturated carbocycles. The van der Waals surface area contributed by atoms with Gasteiger partial charge < -0.3 is 13.6 Å². The van der Waals surface area contributed by atoms with Crippen LogP contribution in [0.15, 0.2) is 30.3 Å². The Morgan fingerprint density at radius 3 is 2.08 bits per heavy atom. The Morgan fingerprint density at radius 1 is 0.920 bits per heavy atom. The fourth-order valence-corrected chi connectivity index (χ4v) is 5.20. The summed E-state index contributed by atoms with van der Waals surface area (Å²) in [7, 11) is -1.17. The van der Waals surface area contributed by atoms with Crippen LogP contribution < -0.4 is 0 Å². The topological polar surface area (TPSA) is 27.7 Å². The number of benzene rings is 1. The van der Waals surface area contributed by atoms with E-state index in [1.54, 1.807) is 0 Å². The molecular formula is C21H35O3Si. The highest BCUT2D eigenvalue weighted by atomic mass is 28.3. The molecule has 141 valence electrons. The first-order chi connectivity index (χ1) is 12.0. The molecule has 0 atom stereocenters. The zero-order valence-electron chi connectivity index (χ0n) is 16.4. The van der Waals surface area contributed by atoms with Gasteiger partial charge in [-0.3, -0.25) is 0 Å². The van der Waals surface area contributed by atoms with Crippen molar-refractivity contribution < 1.29 is 13.6 Å². The first kappa shape index (κ1) is 20.6. The summed E-state index contributed by atoms with van der Waals surface area (Å²) in [5.41, 5.74) is 1.49. The highest BCUT2D eigenvalue weighted by molar-refractivity contribution is 6.44. The fourth-order valence-electron chi connectivity index (χ4n) is 3.43. The van der Waals surface area contributed by atoms with Gasteiger partial charge in [-0.1, -0.05) is 30.3 Å². The van der Waals surface area contributed by atoms with Gasteiger partial charge in [0.05, 0.1) is 6.10 Å².